The number of benzene rings is 3. The largest absolute Gasteiger partial charge is 0.497 e. The van der Waals surface area contributed by atoms with Crippen LogP contribution in [0.5, 0.6) is 5.75 Å². The fourth-order valence-electron chi connectivity index (χ4n) is 3.37. The summed E-state index contributed by atoms with van der Waals surface area (Å²) >= 11 is 0. The molecule has 0 bridgehead atoms. The monoisotopic (exact) mass is 426 g/mol. The van der Waals surface area contributed by atoms with E-state index in [1.54, 1.807) is 42.4 Å². The minimum Gasteiger partial charge on any atom is -0.497 e. The number of ether oxygens (including phenoxy) is 2. The first-order valence-corrected chi connectivity index (χ1v) is 10.0. The van der Waals surface area contributed by atoms with Crippen LogP contribution in [0, 0.1) is 6.92 Å². The average Bonchev–Trinajstić information content (AvgIpc) is 3.15. The minimum absolute atomic E-state index is 0.234. The normalized spacial score (nSPS) is 14.5. The van der Waals surface area contributed by atoms with E-state index in [2.05, 4.69) is 4.99 Å². The highest BCUT2D eigenvalue weighted by atomic mass is 16.5. The zero-order chi connectivity index (χ0) is 22.7. The van der Waals surface area contributed by atoms with E-state index >= 15 is 0 Å². The number of methoxy groups -OCH3 is 2. The van der Waals surface area contributed by atoms with Crippen LogP contribution < -0.4 is 9.64 Å². The molecule has 32 heavy (non-hydrogen) atoms. The first-order chi connectivity index (χ1) is 15.5. The number of hydrogen-bond acceptors (Lipinski definition) is 5. The maximum Gasteiger partial charge on any atom is 0.337 e. The summed E-state index contributed by atoms with van der Waals surface area (Å²) in [6.45, 7) is 2.01. The Kier molecular flexibility index (Phi) is 5.85. The van der Waals surface area contributed by atoms with Gasteiger partial charge in [-0.3, -0.25) is 9.69 Å². The lowest BCUT2D eigenvalue weighted by Crippen LogP contribution is -2.32. The Morgan fingerprint density at radius 3 is 2.16 bits per heavy atom. The molecule has 1 heterocycles. The average molecular weight is 426 g/mol. The van der Waals surface area contributed by atoms with Crippen molar-refractivity contribution in [2.45, 2.75) is 6.92 Å². The number of amidine groups is 1. The van der Waals surface area contributed by atoms with Gasteiger partial charge in [0.1, 0.15) is 17.3 Å². The zero-order valence-electron chi connectivity index (χ0n) is 18.0. The molecule has 6 nitrogen and oxygen atoms in total. The number of hydrogen-bond donors (Lipinski definition) is 0. The van der Waals surface area contributed by atoms with Gasteiger partial charge in [0.2, 0.25) is 0 Å². The van der Waals surface area contributed by atoms with Crippen molar-refractivity contribution >= 4 is 29.5 Å². The van der Waals surface area contributed by atoms with Crippen molar-refractivity contribution in [1.82, 2.24) is 0 Å². The third-order valence-electron chi connectivity index (χ3n) is 5.14. The Morgan fingerprint density at radius 2 is 1.56 bits per heavy atom. The van der Waals surface area contributed by atoms with Crippen LogP contribution >= 0.6 is 0 Å². The molecule has 0 aromatic heterocycles. The van der Waals surface area contributed by atoms with E-state index in [0.29, 0.717) is 28.5 Å². The summed E-state index contributed by atoms with van der Waals surface area (Å²) in [5, 5.41) is 0. The number of nitrogens with zero attached hydrogens (tertiary/aromatic N) is 2. The zero-order valence-corrected chi connectivity index (χ0v) is 18.0. The number of rotatable bonds is 5. The lowest BCUT2D eigenvalue weighted by Gasteiger charge is -2.19. The van der Waals surface area contributed by atoms with Crippen molar-refractivity contribution in [3.63, 3.8) is 0 Å². The van der Waals surface area contributed by atoms with Gasteiger partial charge in [-0.2, -0.15) is 0 Å². The van der Waals surface area contributed by atoms with Gasteiger partial charge < -0.3 is 9.47 Å². The second-order valence-electron chi connectivity index (χ2n) is 7.28. The van der Waals surface area contributed by atoms with Gasteiger partial charge in [-0.15, -0.1) is 0 Å². The highest BCUT2D eigenvalue weighted by Gasteiger charge is 2.32. The number of aryl methyl sites for hydroxylation is 1. The summed E-state index contributed by atoms with van der Waals surface area (Å²) in [7, 11) is 2.94. The van der Waals surface area contributed by atoms with Gasteiger partial charge in [0.15, 0.2) is 0 Å². The number of anilines is 1. The number of esters is 1. The van der Waals surface area contributed by atoms with E-state index in [9.17, 15) is 9.59 Å². The predicted octanol–water partition coefficient (Wildman–Crippen LogP) is 4.62. The Labute approximate surface area is 186 Å². The molecule has 0 N–H and O–H groups in total. The standard InChI is InChI=1S/C26H22N2O4/c1-17-4-8-19(9-5-17)24-27-23(16-18-6-10-20(11-7-18)26(30)32-3)25(29)28(24)21-12-14-22(31-2)15-13-21/h4-16H,1-3H3/b23-16+. The van der Waals surface area contributed by atoms with Crippen LogP contribution in [-0.4, -0.2) is 31.9 Å². The Hall–Kier alpha value is -4.19. The van der Waals surface area contributed by atoms with E-state index in [1.165, 1.54) is 7.11 Å². The van der Waals surface area contributed by atoms with Gasteiger partial charge in [-0.1, -0.05) is 42.0 Å². The summed E-state index contributed by atoms with van der Waals surface area (Å²) < 4.78 is 9.97. The molecule has 3 aromatic carbocycles. The summed E-state index contributed by atoms with van der Waals surface area (Å²) in [4.78, 5) is 31.3. The molecule has 0 aliphatic carbocycles. The number of aliphatic imine (C=N–C) groups is 1. The first-order valence-electron chi connectivity index (χ1n) is 10.0. The van der Waals surface area contributed by atoms with Crippen LogP contribution in [0.4, 0.5) is 5.69 Å². The van der Waals surface area contributed by atoms with Gasteiger partial charge in [0, 0.05) is 5.56 Å². The molecular weight excluding hydrogens is 404 g/mol. The Bertz CT molecular complexity index is 1210. The number of amides is 1. The summed E-state index contributed by atoms with van der Waals surface area (Å²) in [6, 6.07) is 22.0. The van der Waals surface area contributed by atoms with Crippen LogP contribution in [0.15, 0.2) is 83.5 Å². The fraction of sp³-hybridized carbons (Fsp3) is 0.115. The van der Waals surface area contributed by atoms with Gasteiger partial charge in [0.05, 0.1) is 25.5 Å². The maximum absolute atomic E-state index is 13.4. The topological polar surface area (TPSA) is 68.2 Å². The Balaban J connectivity index is 1.74. The van der Waals surface area contributed by atoms with E-state index in [0.717, 1.165) is 16.7 Å². The van der Waals surface area contributed by atoms with Crippen LogP contribution in [0.25, 0.3) is 6.08 Å². The molecule has 160 valence electrons. The van der Waals surface area contributed by atoms with Gasteiger partial charge in [-0.05, 0) is 55.0 Å². The van der Waals surface area contributed by atoms with Gasteiger partial charge >= 0.3 is 5.97 Å². The van der Waals surface area contributed by atoms with Crippen molar-refractivity contribution in [1.29, 1.82) is 0 Å². The molecular formula is C26H22N2O4. The number of carbonyl (C=O) groups is 2. The van der Waals surface area contributed by atoms with Gasteiger partial charge in [0.25, 0.3) is 5.91 Å². The molecule has 0 saturated heterocycles. The van der Waals surface area contributed by atoms with E-state index in [4.69, 9.17) is 9.47 Å². The van der Waals surface area contributed by atoms with Gasteiger partial charge in [-0.25, -0.2) is 9.79 Å². The molecule has 1 aliphatic heterocycles. The molecule has 0 fully saturated rings. The smallest absolute Gasteiger partial charge is 0.337 e. The molecule has 1 amide bonds. The fourth-order valence-corrected chi connectivity index (χ4v) is 3.37. The second kappa shape index (κ2) is 8.89. The molecule has 6 heteroatoms. The van der Waals surface area contributed by atoms with Crippen molar-refractivity contribution < 1.29 is 19.1 Å². The third kappa shape index (κ3) is 4.16. The van der Waals surface area contributed by atoms with Crippen LogP contribution in [0.3, 0.4) is 0 Å². The van der Waals surface area contributed by atoms with E-state index in [-0.39, 0.29) is 5.91 Å². The van der Waals surface area contributed by atoms with Crippen molar-refractivity contribution in [3.05, 3.63) is 101 Å². The van der Waals surface area contributed by atoms with Crippen molar-refractivity contribution in [2.24, 2.45) is 4.99 Å². The lowest BCUT2D eigenvalue weighted by molar-refractivity contribution is -0.113. The van der Waals surface area contributed by atoms with E-state index < -0.39 is 5.97 Å². The van der Waals surface area contributed by atoms with Crippen LogP contribution in [-0.2, 0) is 9.53 Å². The molecule has 0 unspecified atom stereocenters. The quantitative estimate of drug-likeness (QED) is 0.441. The third-order valence-corrected chi connectivity index (χ3v) is 5.14. The number of carbonyl (C=O) groups excluding carboxylic acids is 2. The Morgan fingerprint density at radius 1 is 0.906 bits per heavy atom. The summed E-state index contributed by atoms with van der Waals surface area (Å²) in [5.41, 5.74) is 4.16. The molecule has 1 aliphatic rings. The molecule has 3 aromatic rings. The molecule has 0 atom stereocenters. The first kappa shape index (κ1) is 21.1. The molecule has 0 spiro atoms. The lowest BCUT2D eigenvalue weighted by atomic mass is 10.1. The highest BCUT2D eigenvalue weighted by Crippen LogP contribution is 2.29. The summed E-state index contributed by atoms with van der Waals surface area (Å²) in [5.74, 6) is 0.613. The molecule has 0 radical (unpaired) electrons. The summed E-state index contributed by atoms with van der Waals surface area (Å²) in [6.07, 6.45) is 1.71. The molecule has 0 saturated carbocycles. The molecule has 4 rings (SSSR count). The van der Waals surface area contributed by atoms with Crippen molar-refractivity contribution in [3.8, 4) is 5.75 Å². The van der Waals surface area contributed by atoms with Crippen molar-refractivity contribution in [2.75, 3.05) is 19.1 Å². The minimum atomic E-state index is -0.411. The van der Waals surface area contributed by atoms with Crippen LogP contribution in [0.2, 0.25) is 0 Å². The van der Waals surface area contributed by atoms with Crippen LogP contribution in [0.1, 0.15) is 27.0 Å². The second-order valence-corrected chi connectivity index (χ2v) is 7.28. The maximum atomic E-state index is 13.4. The predicted molar refractivity (Wildman–Crippen MR) is 124 cm³/mol. The van der Waals surface area contributed by atoms with E-state index in [1.807, 2.05) is 55.5 Å². The highest BCUT2D eigenvalue weighted by molar-refractivity contribution is 6.33. The SMILES string of the molecule is COC(=O)c1ccc(/C=C2/N=C(c3ccc(C)cc3)N(c3ccc(OC)cc3)C2=O)cc1.